The molecule has 1 N–H and O–H groups in total. The van der Waals surface area contributed by atoms with Crippen molar-refractivity contribution in [3.63, 3.8) is 0 Å². The van der Waals surface area contributed by atoms with Gasteiger partial charge >= 0.3 is 5.97 Å². The molecule has 0 radical (unpaired) electrons. The number of hydrogen-bond donors (Lipinski definition) is 1. The lowest BCUT2D eigenvalue weighted by Gasteiger charge is -2.19. The number of carbonyl (C=O) groups is 2. The van der Waals surface area contributed by atoms with Crippen molar-refractivity contribution >= 4 is 11.9 Å². The summed E-state index contributed by atoms with van der Waals surface area (Å²) in [6, 6.07) is 12.5. The van der Waals surface area contributed by atoms with E-state index < -0.39 is 11.5 Å². The van der Waals surface area contributed by atoms with E-state index in [0.29, 0.717) is 5.92 Å². The highest BCUT2D eigenvalue weighted by atomic mass is 16.5. The van der Waals surface area contributed by atoms with Crippen LogP contribution in [0.2, 0.25) is 0 Å². The van der Waals surface area contributed by atoms with E-state index in [1.54, 1.807) is 6.07 Å². The molecule has 2 aromatic rings. The van der Waals surface area contributed by atoms with E-state index in [1.165, 1.54) is 19.4 Å². The standard InChI is InChI=1S/C20H19N3O4/c1-27-20(26)16-9-15(10-21)19(25)23(11-16)12-17(24)22-18(14-7-8-14)13-5-3-2-4-6-13/h2-6,9,11,14,18H,7-8,12H2,1H3,(H,22,24). The summed E-state index contributed by atoms with van der Waals surface area (Å²) >= 11 is 0. The maximum absolute atomic E-state index is 12.6. The predicted octanol–water partition coefficient (Wildman–Crippen LogP) is 1.77. The summed E-state index contributed by atoms with van der Waals surface area (Å²) in [7, 11) is 1.20. The minimum atomic E-state index is -0.680. The summed E-state index contributed by atoms with van der Waals surface area (Å²) < 4.78 is 5.70. The van der Waals surface area contributed by atoms with Crippen LogP contribution in [-0.4, -0.2) is 23.6 Å². The number of carbonyl (C=O) groups excluding carboxylic acids is 2. The molecule has 0 aliphatic heterocycles. The highest BCUT2D eigenvalue weighted by Gasteiger charge is 2.33. The Morgan fingerprint density at radius 2 is 2.04 bits per heavy atom. The van der Waals surface area contributed by atoms with Crippen LogP contribution in [0.4, 0.5) is 0 Å². The highest BCUT2D eigenvalue weighted by Crippen LogP contribution is 2.40. The van der Waals surface area contributed by atoms with E-state index in [4.69, 9.17) is 5.26 Å². The Bertz CT molecular complexity index is 955. The second-order valence-corrected chi connectivity index (χ2v) is 6.47. The van der Waals surface area contributed by atoms with Crippen molar-refractivity contribution in [2.45, 2.75) is 25.4 Å². The first-order valence-electron chi connectivity index (χ1n) is 8.60. The number of nitrogens with one attached hydrogen (secondary N) is 1. The molecule has 27 heavy (non-hydrogen) atoms. The number of nitriles is 1. The van der Waals surface area contributed by atoms with Crippen molar-refractivity contribution in [1.82, 2.24) is 9.88 Å². The average Bonchev–Trinajstić information content (AvgIpc) is 3.52. The average molecular weight is 365 g/mol. The van der Waals surface area contributed by atoms with Crippen LogP contribution < -0.4 is 10.9 Å². The minimum absolute atomic E-state index is 0.0447. The second kappa shape index (κ2) is 7.87. The number of hydrogen-bond acceptors (Lipinski definition) is 5. The van der Waals surface area contributed by atoms with Crippen LogP contribution in [0.15, 0.2) is 47.4 Å². The number of nitrogens with zero attached hydrogens (tertiary/aromatic N) is 2. The maximum atomic E-state index is 12.6. The number of aromatic nitrogens is 1. The van der Waals surface area contributed by atoms with Crippen molar-refractivity contribution in [1.29, 1.82) is 5.26 Å². The van der Waals surface area contributed by atoms with E-state index in [2.05, 4.69) is 10.1 Å². The van der Waals surface area contributed by atoms with Gasteiger partial charge in [-0.25, -0.2) is 4.79 Å². The molecular formula is C20H19N3O4. The lowest BCUT2D eigenvalue weighted by atomic mass is 10.0. The third-order valence-corrected chi connectivity index (χ3v) is 4.51. The number of benzene rings is 1. The van der Waals surface area contributed by atoms with Crippen LogP contribution >= 0.6 is 0 Å². The molecule has 1 heterocycles. The molecule has 3 rings (SSSR count). The molecular weight excluding hydrogens is 346 g/mol. The van der Waals surface area contributed by atoms with E-state index in [0.717, 1.165) is 23.0 Å². The van der Waals surface area contributed by atoms with Gasteiger partial charge in [0, 0.05) is 6.20 Å². The van der Waals surface area contributed by atoms with Crippen LogP contribution in [-0.2, 0) is 16.1 Å². The molecule has 1 aliphatic rings. The van der Waals surface area contributed by atoms with Gasteiger partial charge in [-0.05, 0) is 30.4 Å². The van der Waals surface area contributed by atoms with E-state index >= 15 is 0 Å². The van der Waals surface area contributed by atoms with Gasteiger partial charge in [0.25, 0.3) is 5.56 Å². The molecule has 7 heteroatoms. The zero-order valence-corrected chi connectivity index (χ0v) is 14.8. The van der Waals surface area contributed by atoms with Gasteiger partial charge in [0.05, 0.1) is 18.7 Å². The van der Waals surface area contributed by atoms with Crippen molar-refractivity contribution in [2.75, 3.05) is 7.11 Å². The van der Waals surface area contributed by atoms with Gasteiger partial charge in [-0.3, -0.25) is 9.59 Å². The van der Waals surface area contributed by atoms with Gasteiger partial charge in [0.15, 0.2) is 0 Å². The summed E-state index contributed by atoms with van der Waals surface area (Å²) in [5, 5.41) is 12.1. The molecule has 1 unspecified atom stereocenters. The fraction of sp³-hybridized carbons (Fsp3) is 0.300. The number of amides is 1. The Morgan fingerprint density at radius 3 is 2.63 bits per heavy atom. The van der Waals surface area contributed by atoms with Gasteiger partial charge in [0.2, 0.25) is 5.91 Å². The van der Waals surface area contributed by atoms with Gasteiger partial charge < -0.3 is 14.6 Å². The van der Waals surface area contributed by atoms with Crippen LogP contribution in [0.3, 0.4) is 0 Å². The first-order chi connectivity index (χ1) is 13.0. The topological polar surface area (TPSA) is 101 Å². The predicted molar refractivity (Wildman–Crippen MR) is 96.8 cm³/mol. The van der Waals surface area contributed by atoms with Crippen molar-refractivity contribution in [3.8, 4) is 6.07 Å². The Hall–Kier alpha value is -3.40. The van der Waals surface area contributed by atoms with Gasteiger partial charge in [0.1, 0.15) is 18.2 Å². The molecule has 0 bridgehead atoms. The number of ether oxygens (including phenoxy) is 1. The summed E-state index contributed by atoms with van der Waals surface area (Å²) in [6.45, 7) is -0.283. The van der Waals surface area contributed by atoms with E-state index in [-0.39, 0.29) is 29.6 Å². The third-order valence-electron chi connectivity index (χ3n) is 4.51. The first kappa shape index (κ1) is 18.4. The Morgan fingerprint density at radius 1 is 1.33 bits per heavy atom. The second-order valence-electron chi connectivity index (χ2n) is 6.47. The minimum Gasteiger partial charge on any atom is -0.465 e. The molecule has 1 saturated carbocycles. The van der Waals surface area contributed by atoms with Crippen molar-refractivity contribution in [2.24, 2.45) is 5.92 Å². The Balaban J connectivity index is 1.82. The lowest BCUT2D eigenvalue weighted by Crippen LogP contribution is -2.36. The first-order valence-corrected chi connectivity index (χ1v) is 8.60. The van der Waals surface area contributed by atoms with Gasteiger partial charge in [-0.2, -0.15) is 5.26 Å². The van der Waals surface area contributed by atoms with Crippen molar-refractivity contribution < 1.29 is 14.3 Å². The Labute approximate surface area is 156 Å². The zero-order valence-electron chi connectivity index (χ0n) is 14.8. The van der Waals surface area contributed by atoms with Crippen LogP contribution in [0, 0.1) is 17.2 Å². The quantitative estimate of drug-likeness (QED) is 0.786. The van der Waals surface area contributed by atoms with Crippen LogP contribution in [0.1, 0.15) is 40.4 Å². The molecule has 0 saturated heterocycles. The van der Waals surface area contributed by atoms with Gasteiger partial charge in [-0.15, -0.1) is 0 Å². The van der Waals surface area contributed by atoms with Gasteiger partial charge in [-0.1, -0.05) is 30.3 Å². The fourth-order valence-electron chi connectivity index (χ4n) is 3.00. The van der Waals surface area contributed by atoms with Crippen LogP contribution in [0.5, 0.6) is 0 Å². The molecule has 1 amide bonds. The zero-order chi connectivity index (χ0) is 19.4. The molecule has 0 spiro atoms. The number of pyridine rings is 1. The van der Waals surface area contributed by atoms with Crippen LogP contribution in [0.25, 0.3) is 0 Å². The molecule has 1 atom stereocenters. The molecule has 1 aromatic carbocycles. The molecule has 1 aromatic heterocycles. The van der Waals surface area contributed by atoms with Crippen molar-refractivity contribution in [3.05, 3.63) is 69.6 Å². The monoisotopic (exact) mass is 365 g/mol. The summed E-state index contributed by atoms with van der Waals surface area (Å²) in [5.41, 5.74) is 0.223. The summed E-state index contributed by atoms with van der Waals surface area (Å²) in [5.74, 6) is -0.659. The maximum Gasteiger partial charge on any atom is 0.339 e. The third kappa shape index (κ3) is 4.23. The Kier molecular flexibility index (Phi) is 5.36. The largest absolute Gasteiger partial charge is 0.465 e. The highest BCUT2D eigenvalue weighted by molar-refractivity contribution is 5.89. The molecule has 1 fully saturated rings. The smallest absolute Gasteiger partial charge is 0.339 e. The lowest BCUT2D eigenvalue weighted by molar-refractivity contribution is -0.122. The summed E-state index contributed by atoms with van der Waals surface area (Å²) in [6.07, 6.45) is 3.32. The molecule has 138 valence electrons. The number of rotatable bonds is 6. The number of methoxy groups -OCH3 is 1. The van der Waals surface area contributed by atoms with E-state index in [9.17, 15) is 14.4 Å². The summed E-state index contributed by atoms with van der Waals surface area (Å²) in [4.78, 5) is 36.6. The van der Waals surface area contributed by atoms with E-state index in [1.807, 2.05) is 30.3 Å². The molecule has 1 aliphatic carbocycles. The SMILES string of the molecule is COC(=O)c1cc(C#N)c(=O)n(CC(=O)NC(c2ccccc2)C2CC2)c1. The number of esters is 1. The normalized spacial score (nSPS) is 14.1. The molecule has 7 nitrogen and oxygen atoms in total. The fourth-order valence-corrected chi connectivity index (χ4v) is 3.00.